The molecule has 0 N–H and O–H groups in total. The average molecular weight is 425 g/mol. The summed E-state index contributed by atoms with van der Waals surface area (Å²) in [7, 11) is 0. The molecule has 0 bridgehead atoms. The van der Waals surface area contributed by atoms with E-state index in [1.54, 1.807) is 36.7 Å². The molecule has 0 aliphatic heterocycles. The number of aromatic nitrogens is 3. The summed E-state index contributed by atoms with van der Waals surface area (Å²) in [5.41, 5.74) is 2.93. The Bertz CT molecular complexity index is 1230. The smallest absolute Gasteiger partial charge is 0.279 e. The van der Waals surface area contributed by atoms with Crippen LogP contribution in [0.1, 0.15) is 10.4 Å². The highest BCUT2D eigenvalue weighted by Crippen LogP contribution is 2.22. The Morgan fingerprint density at radius 2 is 2.00 bits per heavy atom. The number of nitrogens with zero attached hydrogens (tertiary/aromatic N) is 4. The number of amides is 1. The van der Waals surface area contributed by atoms with Crippen molar-refractivity contribution in [2.45, 2.75) is 6.54 Å². The van der Waals surface area contributed by atoms with E-state index in [1.807, 2.05) is 22.8 Å². The maximum absolute atomic E-state index is 12.7. The monoisotopic (exact) mass is 424 g/mol. The van der Waals surface area contributed by atoms with E-state index >= 15 is 0 Å². The lowest BCUT2D eigenvalue weighted by atomic mass is 10.2. The average Bonchev–Trinajstić information content (AvgIpc) is 2.98. The number of halogens is 1. The van der Waals surface area contributed by atoms with Crippen molar-refractivity contribution >= 4 is 54.4 Å². The molecular formula is C19H13BrN4OS. The lowest BCUT2D eigenvalue weighted by molar-refractivity contribution is 0.0998. The number of hydrogen-bond donors (Lipinski definition) is 0. The molecule has 26 heavy (non-hydrogen) atoms. The molecule has 4 aromatic rings. The molecule has 2 aromatic carbocycles. The topological polar surface area (TPSA) is 60.1 Å². The van der Waals surface area contributed by atoms with E-state index in [0.29, 0.717) is 22.4 Å². The van der Waals surface area contributed by atoms with Crippen LogP contribution in [0.3, 0.4) is 0 Å². The van der Waals surface area contributed by atoms with Crippen molar-refractivity contribution in [2.75, 3.05) is 0 Å². The fourth-order valence-corrected chi connectivity index (χ4v) is 4.28. The summed E-state index contributed by atoms with van der Waals surface area (Å²) < 4.78 is 4.03. The Balaban J connectivity index is 1.84. The van der Waals surface area contributed by atoms with Crippen LogP contribution in [0.5, 0.6) is 0 Å². The van der Waals surface area contributed by atoms with Gasteiger partial charge in [-0.05, 0) is 36.4 Å². The van der Waals surface area contributed by atoms with Crippen LogP contribution >= 0.6 is 27.3 Å². The third-order valence-electron chi connectivity index (χ3n) is 3.87. The summed E-state index contributed by atoms with van der Waals surface area (Å²) in [4.78, 5) is 26.2. The minimum Gasteiger partial charge on any atom is -0.312 e. The van der Waals surface area contributed by atoms with Crippen molar-refractivity contribution in [2.24, 2.45) is 4.99 Å². The van der Waals surface area contributed by atoms with Gasteiger partial charge in [-0.1, -0.05) is 33.3 Å². The minimum absolute atomic E-state index is 0.305. The normalized spacial score (nSPS) is 12.0. The number of fused-ring (bicyclic) bond motifs is 2. The molecule has 2 aromatic heterocycles. The van der Waals surface area contributed by atoms with E-state index in [-0.39, 0.29) is 5.91 Å². The largest absolute Gasteiger partial charge is 0.312 e. The van der Waals surface area contributed by atoms with Gasteiger partial charge in [0.15, 0.2) is 4.80 Å². The number of hydrogen-bond acceptors (Lipinski definition) is 4. The third kappa shape index (κ3) is 3.11. The highest BCUT2D eigenvalue weighted by atomic mass is 79.9. The summed E-state index contributed by atoms with van der Waals surface area (Å²) in [5, 5.41) is 0. The van der Waals surface area contributed by atoms with Crippen LogP contribution in [-0.2, 0) is 6.54 Å². The maximum atomic E-state index is 12.7. The molecule has 0 radical (unpaired) electrons. The van der Waals surface area contributed by atoms with E-state index in [1.165, 1.54) is 11.3 Å². The van der Waals surface area contributed by atoms with Gasteiger partial charge in [0.1, 0.15) is 0 Å². The first-order valence-corrected chi connectivity index (χ1v) is 9.46. The molecule has 0 saturated heterocycles. The van der Waals surface area contributed by atoms with Crippen molar-refractivity contribution < 1.29 is 4.79 Å². The fraction of sp³-hybridized carbons (Fsp3) is 0.0526. The van der Waals surface area contributed by atoms with E-state index in [4.69, 9.17) is 0 Å². The zero-order chi connectivity index (χ0) is 18.1. The number of allylic oxidation sites excluding steroid dienone is 1. The number of thiazole rings is 1. The Hall–Kier alpha value is -2.64. The number of carbonyl (C=O) groups excluding carboxylic acids is 1. The van der Waals surface area contributed by atoms with Crippen LogP contribution in [-0.4, -0.2) is 20.4 Å². The summed E-state index contributed by atoms with van der Waals surface area (Å²) in [6.45, 7) is 4.39. The third-order valence-corrected chi connectivity index (χ3v) is 5.40. The molecule has 0 unspecified atom stereocenters. The maximum Gasteiger partial charge on any atom is 0.279 e. The van der Waals surface area contributed by atoms with Crippen LogP contribution in [0.2, 0.25) is 0 Å². The fourth-order valence-electron chi connectivity index (χ4n) is 2.69. The summed E-state index contributed by atoms with van der Waals surface area (Å²) in [5.74, 6) is -0.305. The minimum atomic E-state index is -0.305. The molecule has 0 atom stereocenters. The van der Waals surface area contributed by atoms with Crippen molar-refractivity contribution in [3.05, 3.63) is 76.3 Å². The molecule has 2 heterocycles. The summed E-state index contributed by atoms with van der Waals surface area (Å²) in [6.07, 6.45) is 5.03. The molecule has 1 amide bonds. The zero-order valence-corrected chi connectivity index (χ0v) is 16.0. The molecule has 0 aliphatic carbocycles. The SMILES string of the molecule is C=CCn1c(=NC(=O)c2ccc3nccnc3c2)sc2cc(Br)ccc21. The number of benzene rings is 2. The van der Waals surface area contributed by atoms with Gasteiger partial charge in [-0.2, -0.15) is 4.99 Å². The van der Waals surface area contributed by atoms with Gasteiger partial charge in [-0.15, -0.1) is 6.58 Å². The highest BCUT2D eigenvalue weighted by molar-refractivity contribution is 9.10. The van der Waals surface area contributed by atoms with Gasteiger partial charge < -0.3 is 4.57 Å². The zero-order valence-electron chi connectivity index (χ0n) is 13.6. The Morgan fingerprint density at radius 1 is 1.19 bits per heavy atom. The summed E-state index contributed by atoms with van der Waals surface area (Å²) in [6, 6.07) is 11.2. The van der Waals surface area contributed by atoms with Crippen LogP contribution in [0.15, 0.2) is 70.9 Å². The van der Waals surface area contributed by atoms with E-state index < -0.39 is 0 Å². The van der Waals surface area contributed by atoms with Gasteiger partial charge in [0.25, 0.3) is 5.91 Å². The molecule has 0 spiro atoms. The number of carbonyl (C=O) groups is 1. The Morgan fingerprint density at radius 3 is 2.81 bits per heavy atom. The molecule has 0 aliphatic rings. The first kappa shape index (κ1) is 16.8. The molecule has 0 fully saturated rings. The second-order valence-electron chi connectivity index (χ2n) is 5.57. The standard InChI is InChI=1S/C19H13BrN4OS/c1-2-9-24-16-6-4-13(20)11-17(16)26-19(24)23-18(25)12-3-5-14-15(10-12)22-8-7-21-14/h2-8,10-11H,1,9H2. The lowest BCUT2D eigenvalue weighted by Crippen LogP contribution is -2.16. The van der Waals surface area contributed by atoms with Crippen LogP contribution in [0, 0.1) is 0 Å². The van der Waals surface area contributed by atoms with Gasteiger partial charge >= 0.3 is 0 Å². The molecule has 5 nitrogen and oxygen atoms in total. The van der Waals surface area contributed by atoms with Crippen molar-refractivity contribution in [1.29, 1.82) is 0 Å². The number of rotatable bonds is 3. The van der Waals surface area contributed by atoms with Crippen molar-refractivity contribution in [3.8, 4) is 0 Å². The van der Waals surface area contributed by atoms with Crippen LogP contribution < -0.4 is 4.80 Å². The van der Waals surface area contributed by atoms with Gasteiger partial charge in [-0.25, -0.2) is 0 Å². The van der Waals surface area contributed by atoms with E-state index in [2.05, 4.69) is 37.5 Å². The van der Waals surface area contributed by atoms with Crippen LogP contribution in [0.25, 0.3) is 21.3 Å². The Kier molecular flexibility index (Phi) is 4.48. The van der Waals surface area contributed by atoms with Crippen molar-refractivity contribution in [1.82, 2.24) is 14.5 Å². The quantitative estimate of drug-likeness (QED) is 0.459. The van der Waals surface area contributed by atoms with Crippen molar-refractivity contribution in [3.63, 3.8) is 0 Å². The highest BCUT2D eigenvalue weighted by Gasteiger charge is 2.10. The molecule has 128 valence electrons. The predicted octanol–water partition coefficient (Wildman–Crippen LogP) is 4.34. The molecule has 0 saturated carbocycles. The van der Waals surface area contributed by atoms with Gasteiger partial charge in [0.2, 0.25) is 0 Å². The van der Waals surface area contributed by atoms with E-state index in [0.717, 1.165) is 20.2 Å². The van der Waals surface area contributed by atoms with Gasteiger partial charge in [0, 0.05) is 29.0 Å². The van der Waals surface area contributed by atoms with E-state index in [9.17, 15) is 4.79 Å². The predicted molar refractivity (Wildman–Crippen MR) is 107 cm³/mol. The van der Waals surface area contributed by atoms with Gasteiger partial charge in [-0.3, -0.25) is 14.8 Å². The summed E-state index contributed by atoms with van der Waals surface area (Å²) >= 11 is 4.96. The Labute approximate surface area is 161 Å². The van der Waals surface area contributed by atoms with Crippen LogP contribution in [0.4, 0.5) is 0 Å². The molecule has 4 rings (SSSR count). The first-order chi connectivity index (χ1) is 12.7. The van der Waals surface area contributed by atoms with Gasteiger partial charge in [0.05, 0.1) is 21.3 Å². The second kappa shape index (κ2) is 6.93. The second-order valence-corrected chi connectivity index (χ2v) is 7.50. The molecule has 7 heteroatoms. The lowest BCUT2D eigenvalue weighted by Gasteiger charge is -2.01. The first-order valence-electron chi connectivity index (χ1n) is 7.85. The molecular weight excluding hydrogens is 412 g/mol.